The largest absolute Gasteiger partial charge is 0.492 e. The third-order valence-corrected chi connectivity index (χ3v) is 2.84. The van der Waals surface area contributed by atoms with E-state index >= 15 is 0 Å². The summed E-state index contributed by atoms with van der Waals surface area (Å²) in [7, 11) is 4.12. The molecule has 0 heterocycles. The Morgan fingerprint density at radius 1 is 1.41 bits per heavy atom. The lowest BCUT2D eigenvalue weighted by atomic mass is 10.2. The van der Waals surface area contributed by atoms with Crippen LogP contribution in [-0.4, -0.2) is 38.2 Å². The second kappa shape index (κ2) is 6.35. The molecule has 0 aliphatic heterocycles. The molecule has 0 amide bonds. The molecule has 0 fully saturated rings. The van der Waals surface area contributed by atoms with Gasteiger partial charge in [-0.3, -0.25) is 0 Å². The number of rotatable bonds is 6. The topological polar surface area (TPSA) is 50.5 Å². The van der Waals surface area contributed by atoms with Crippen molar-refractivity contribution in [3.05, 3.63) is 18.2 Å². The van der Waals surface area contributed by atoms with Crippen molar-refractivity contribution in [3.63, 3.8) is 0 Å². The molecule has 1 aromatic carbocycles. The van der Waals surface area contributed by atoms with Gasteiger partial charge in [-0.1, -0.05) is 6.07 Å². The Balaban J connectivity index is 2.68. The fraction of sp³-hybridized carbons (Fsp3) is 0.538. The van der Waals surface area contributed by atoms with Crippen LogP contribution in [-0.2, 0) is 0 Å². The molecule has 1 aromatic rings. The standard InChI is InChI=1S/C13H23N3O/c1-5-17-12-8-6-7-11(13(12)14)15-9-10(2)16(3)4/h6-8,10,15H,5,9,14H2,1-4H3. The Labute approximate surface area is 104 Å². The van der Waals surface area contributed by atoms with Gasteiger partial charge in [0.05, 0.1) is 18.0 Å². The molecule has 4 heteroatoms. The van der Waals surface area contributed by atoms with Crippen molar-refractivity contribution in [2.75, 3.05) is 38.3 Å². The van der Waals surface area contributed by atoms with E-state index in [1.165, 1.54) is 0 Å². The van der Waals surface area contributed by atoms with E-state index in [9.17, 15) is 0 Å². The molecule has 1 atom stereocenters. The molecule has 0 aliphatic carbocycles. The molecular weight excluding hydrogens is 214 g/mol. The number of anilines is 2. The van der Waals surface area contributed by atoms with Crippen molar-refractivity contribution >= 4 is 11.4 Å². The maximum absolute atomic E-state index is 6.03. The first-order valence-corrected chi connectivity index (χ1v) is 5.97. The van der Waals surface area contributed by atoms with Crippen molar-refractivity contribution in [1.29, 1.82) is 0 Å². The highest BCUT2D eigenvalue weighted by Gasteiger charge is 2.08. The number of nitrogens with one attached hydrogen (secondary N) is 1. The maximum atomic E-state index is 6.03. The number of nitrogen functional groups attached to an aromatic ring is 1. The summed E-state index contributed by atoms with van der Waals surface area (Å²) in [6.07, 6.45) is 0. The zero-order valence-electron chi connectivity index (χ0n) is 11.2. The minimum absolute atomic E-state index is 0.449. The van der Waals surface area contributed by atoms with Gasteiger partial charge >= 0.3 is 0 Å². The third-order valence-electron chi connectivity index (χ3n) is 2.84. The van der Waals surface area contributed by atoms with E-state index in [0.29, 0.717) is 18.3 Å². The van der Waals surface area contributed by atoms with E-state index < -0.39 is 0 Å². The fourth-order valence-electron chi connectivity index (χ4n) is 1.42. The molecule has 17 heavy (non-hydrogen) atoms. The van der Waals surface area contributed by atoms with Crippen LogP contribution in [0.1, 0.15) is 13.8 Å². The minimum Gasteiger partial charge on any atom is -0.492 e. The molecule has 3 N–H and O–H groups in total. The predicted molar refractivity (Wildman–Crippen MR) is 73.7 cm³/mol. The van der Waals surface area contributed by atoms with E-state index in [1.807, 2.05) is 25.1 Å². The molecule has 1 rings (SSSR count). The zero-order valence-corrected chi connectivity index (χ0v) is 11.2. The average Bonchev–Trinajstić information content (AvgIpc) is 2.30. The van der Waals surface area contributed by atoms with Gasteiger partial charge in [-0.15, -0.1) is 0 Å². The van der Waals surface area contributed by atoms with E-state index in [1.54, 1.807) is 0 Å². The second-order valence-electron chi connectivity index (χ2n) is 4.34. The van der Waals surface area contributed by atoms with Gasteiger partial charge in [0.1, 0.15) is 5.75 Å². The molecule has 0 aromatic heterocycles. The first kappa shape index (κ1) is 13.6. The van der Waals surface area contributed by atoms with E-state index in [2.05, 4.69) is 31.2 Å². The normalized spacial score (nSPS) is 12.5. The average molecular weight is 237 g/mol. The van der Waals surface area contributed by atoms with Gasteiger partial charge in [0.2, 0.25) is 0 Å². The van der Waals surface area contributed by atoms with Gasteiger partial charge in [-0.25, -0.2) is 0 Å². The van der Waals surface area contributed by atoms with E-state index in [-0.39, 0.29) is 0 Å². The number of ether oxygens (including phenoxy) is 1. The molecule has 96 valence electrons. The van der Waals surface area contributed by atoms with Crippen LogP contribution in [0.25, 0.3) is 0 Å². The van der Waals surface area contributed by atoms with Crippen LogP contribution in [0.2, 0.25) is 0 Å². The molecule has 1 unspecified atom stereocenters. The number of para-hydroxylation sites is 1. The SMILES string of the molecule is CCOc1cccc(NCC(C)N(C)C)c1N. The lowest BCUT2D eigenvalue weighted by Gasteiger charge is -2.21. The lowest BCUT2D eigenvalue weighted by Crippen LogP contribution is -2.31. The zero-order chi connectivity index (χ0) is 12.8. The van der Waals surface area contributed by atoms with Crippen molar-refractivity contribution in [3.8, 4) is 5.75 Å². The van der Waals surface area contributed by atoms with Crippen LogP contribution in [0.5, 0.6) is 5.75 Å². The van der Waals surface area contributed by atoms with Crippen molar-refractivity contribution in [2.45, 2.75) is 19.9 Å². The quantitative estimate of drug-likeness (QED) is 0.743. The molecule has 0 spiro atoms. The summed E-state index contributed by atoms with van der Waals surface area (Å²) in [5.41, 5.74) is 7.65. The highest BCUT2D eigenvalue weighted by Crippen LogP contribution is 2.29. The maximum Gasteiger partial charge on any atom is 0.144 e. The Bertz CT molecular complexity index is 353. The first-order valence-electron chi connectivity index (χ1n) is 5.97. The summed E-state index contributed by atoms with van der Waals surface area (Å²) in [5.74, 6) is 0.745. The summed E-state index contributed by atoms with van der Waals surface area (Å²) in [5, 5.41) is 3.35. The Hall–Kier alpha value is -1.42. The summed E-state index contributed by atoms with van der Waals surface area (Å²) in [6, 6.07) is 6.26. The van der Waals surface area contributed by atoms with Crippen molar-refractivity contribution in [1.82, 2.24) is 4.90 Å². The highest BCUT2D eigenvalue weighted by molar-refractivity contribution is 5.72. The highest BCUT2D eigenvalue weighted by atomic mass is 16.5. The van der Waals surface area contributed by atoms with Gasteiger partial charge in [0.15, 0.2) is 0 Å². The third kappa shape index (κ3) is 3.82. The molecule has 0 aliphatic rings. The first-order chi connectivity index (χ1) is 8.06. The van der Waals surface area contributed by atoms with Gasteiger partial charge in [0, 0.05) is 12.6 Å². The predicted octanol–water partition coefficient (Wildman–Crippen LogP) is 2.03. The summed E-state index contributed by atoms with van der Waals surface area (Å²) in [6.45, 7) is 5.60. The fourth-order valence-corrected chi connectivity index (χ4v) is 1.42. The summed E-state index contributed by atoms with van der Waals surface area (Å²) in [4.78, 5) is 2.16. The number of nitrogens with zero attached hydrogens (tertiary/aromatic N) is 1. The second-order valence-corrected chi connectivity index (χ2v) is 4.34. The lowest BCUT2D eigenvalue weighted by molar-refractivity contribution is 0.326. The van der Waals surface area contributed by atoms with Crippen LogP contribution in [0.4, 0.5) is 11.4 Å². The number of hydrogen-bond donors (Lipinski definition) is 2. The van der Waals surface area contributed by atoms with Gasteiger partial charge in [0.25, 0.3) is 0 Å². The number of nitrogens with two attached hydrogens (primary N) is 1. The van der Waals surface area contributed by atoms with Crippen LogP contribution in [0, 0.1) is 0 Å². The van der Waals surface area contributed by atoms with Gasteiger partial charge < -0.3 is 20.7 Å². The van der Waals surface area contributed by atoms with Crippen LogP contribution >= 0.6 is 0 Å². The summed E-state index contributed by atoms with van der Waals surface area (Å²) >= 11 is 0. The molecule has 4 nitrogen and oxygen atoms in total. The molecular formula is C13H23N3O. The molecule has 0 bridgehead atoms. The molecule has 0 saturated heterocycles. The number of likely N-dealkylation sites (N-methyl/N-ethyl adjacent to an activating group) is 1. The van der Waals surface area contributed by atoms with Crippen LogP contribution in [0.3, 0.4) is 0 Å². The van der Waals surface area contributed by atoms with Crippen molar-refractivity contribution in [2.24, 2.45) is 0 Å². The van der Waals surface area contributed by atoms with E-state index in [4.69, 9.17) is 10.5 Å². The van der Waals surface area contributed by atoms with E-state index in [0.717, 1.165) is 18.0 Å². The van der Waals surface area contributed by atoms with Gasteiger partial charge in [-0.05, 0) is 40.1 Å². The number of hydrogen-bond acceptors (Lipinski definition) is 4. The number of benzene rings is 1. The Morgan fingerprint density at radius 3 is 2.71 bits per heavy atom. The summed E-state index contributed by atoms with van der Waals surface area (Å²) < 4.78 is 5.46. The Kier molecular flexibility index (Phi) is 5.10. The monoisotopic (exact) mass is 237 g/mol. The van der Waals surface area contributed by atoms with Crippen molar-refractivity contribution < 1.29 is 4.74 Å². The van der Waals surface area contributed by atoms with Gasteiger partial charge in [-0.2, -0.15) is 0 Å². The van der Waals surface area contributed by atoms with Crippen LogP contribution in [0.15, 0.2) is 18.2 Å². The smallest absolute Gasteiger partial charge is 0.144 e. The Morgan fingerprint density at radius 2 is 2.12 bits per heavy atom. The molecule has 0 radical (unpaired) electrons. The molecule has 0 saturated carbocycles. The minimum atomic E-state index is 0.449. The van der Waals surface area contributed by atoms with Crippen LogP contribution < -0.4 is 15.8 Å².